The highest BCUT2D eigenvalue weighted by Crippen LogP contribution is 2.25. The van der Waals surface area contributed by atoms with E-state index >= 15 is 0 Å². The Kier molecular flexibility index (Phi) is 6.16. The van der Waals surface area contributed by atoms with E-state index in [2.05, 4.69) is 10.0 Å². The lowest BCUT2D eigenvalue weighted by Gasteiger charge is -2.11. The number of carboxylic acids is 2. The van der Waals surface area contributed by atoms with Crippen molar-refractivity contribution in [3.63, 3.8) is 0 Å². The summed E-state index contributed by atoms with van der Waals surface area (Å²) in [6, 6.07) is 19.3. The van der Waals surface area contributed by atoms with Crippen molar-refractivity contribution in [2.75, 3.05) is 10.0 Å². The van der Waals surface area contributed by atoms with Crippen molar-refractivity contribution in [3.8, 4) is 0 Å². The van der Waals surface area contributed by atoms with Crippen molar-refractivity contribution in [1.29, 1.82) is 0 Å². The number of hydrogen-bond acceptors (Lipinski definition) is 5. The van der Waals surface area contributed by atoms with Crippen LogP contribution in [0.2, 0.25) is 0 Å². The van der Waals surface area contributed by atoms with Gasteiger partial charge in [-0.15, -0.1) is 0 Å². The summed E-state index contributed by atoms with van der Waals surface area (Å²) in [6.07, 6.45) is 0. The van der Waals surface area contributed by atoms with E-state index in [0.717, 1.165) is 11.9 Å². The third-order valence-corrected chi connectivity index (χ3v) is 4.75. The maximum atomic E-state index is 12.5. The van der Waals surface area contributed by atoms with Crippen LogP contribution in [-0.2, 0) is 0 Å². The average Bonchev–Trinajstić information content (AvgIpc) is 2.73. The second-order valence-electron chi connectivity index (χ2n) is 5.89. The molecule has 3 rings (SSSR count). The van der Waals surface area contributed by atoms with Gasteiger partial charge < -0.3 is 20.3 Å². The molecule has 4 N–H and O–H groups in total. The number of rotatable bonds is 7. The monoisotopic (exact) mass is 408 g/mol. The Bertz CT molecular complexity index is 1080. The van der Waals surface area contributed by atoms with Gasteiger partial charge >= 0.3 is 11.9 Å². The smallest absolute Gasteiger partial charge is 0.337 e. The quantitative estimate of drug-likeness (QED) is 0.427. The molecular formula is C21H16N2O5S. The molecule has 3 aromatic rings. The summed E-state index contributed by atoms with van der Waals surface area (Å²) in [4.78, 5) is 35.8. The van der Waals surface area contributed by atoms with Crippen molar-refractivity contribution in [2.24, 2.45) is 0 Å². The highest BCUT2D eigenvalue weighted by molar-refractivity contribution is 8.00. The highest BCUT2D eigenvalue weighted by Gasteiger charge is 2.14. The van der Waals surface area contributed by atoms with E-state index < -0.39 is 17.8 Å². The number of benzene rings is 3. The first-order valence-corrected chi connectivity index (χ1v) is 9.26. The van der Waals surface area contributed by atoms with Gasteiger partial charge in [-0.2, -0.15) is 0 Å². The minimum Gasteiger partial charge on any atom is -0.478 e. The first-order valence-electron chi connectivity index (χ1n) is 8.44. The predicted molar refractivity (Wildman–Crippen MR) is 111 cm³/mol. The lowest BCUT2D eigenvalue weighted by atomic mass is 10.1. The summed E-state index contributed by atoms with van der Waals surface area (Å²) in [5.74, 6) is -2.63. The number of carbonyl (C=O) groups is 3. The molecule has 0 aliphatic rings. The Hall–Kier alpha value is -3.78. The lowest BCUT2D eigenvalue weighted by Crippen LogP contribution is -2.14. The number of carboxylic acid groups (broad SMARTS) is 2. The minimum atomic E-state index is -1.13. The number of amides is 1. The fourth-order valence-corrected chi connectivity index (χ4v) is 3.28. The third-order valence-electron chi connectivity index (χ3n) is 3.94. The molecule has 7 nitrogen and oxygen atoms in total. The van der Waals surface area contributed by atoms with Gasteiger partial charge in [0.15, 0.2) is 0 Å². The van der Waals surface area contributed by atoms with Crippen molar-refractivity contribution >= 4 is 41.2 Å². The van der Waals surface area contributed by atoms with Crippen molar-refractivity contribution in [1.82, 2.24) is 0 Å². The molecule has 0 aliphatic heterocycles. The normalized spacial score (nSPS) is 10.2. The van der Waals surface area contributed by atoms with Crippen LogP contribution in [0.25, 0.3) is 0 Å². The van der Waals surface area contributed by atoms with Gasteiger partial charge in [0.1, 0.15) is 0 Å². The number of aromatic carboxylic acids is 2. The van der Waals surface area contributed by atoms with E-state index in [1.54, 1.807) is 54.6 Å². The Morgan fingerprint density at radius 2 is 1.31 bits per heavy atom. The average molecular weight is 408 g/mol. The molecule has 0 saturated heterocycles. The lowest BCUT2D eigenvalue weighted by molar-refractivity contribution is 0.0687. The maximum Gasteiger partial charge on any atom is 0.337 e. The molecule has 0 radical (unpaired) electrons. The number of para-hydroxylation sites is 2. The van der Waals surface area contributed by atoms with Gasteiger partial charge in [-0.1, -0.05) is 30.3 Å². The van der Waals surface area contributed by atoms with Crippen molar-refractivity contribution < 1.29 is 24.6 Å². The van der Waals surface area contributed by atoms with E-state index in [1.165, 1.54) is 18.2 Å². The molecule has 0 bridgehead atoms. The van der Waals surface area contributed by atoms with Crippen LogP contribution < -0.4 is 10.0 Å². The fraction of sp³-hybridized carbons (Fsp3) is 0. The molecule has 1 amide bonds. The standard InChI is InChI=1S/C21H16N2O5S/c24-19(22-17-10-3-1-8-15(17)20(25)26)13-6-5-7-14(12-13)29-23-18-11-4-2-9-16(18)21(27)28/h1-12,23H,(H,22,24)(H,25,26)(H,27,28). The SMILES string of the molecule is O=C(Nc1ccccc1C(=O)O)c1cccc(SNc2ccccc2C(=O)O)c1. The van der Waals surface area contributed by atoms with Crippen LogP contribution >= 0.6 is 11.9 Å². The zero-order valence-electron chi connectivity index (χ0n) is 15.0. The van der Waals surface area contributed by atoms with Crippen LogP contribution in [0, 0.1) is 0 Å². The van der Waals surface area contributed by atoms with E-state index in [0.29, 0.717) is 16.1 Å². The molecule has 0 unspecified atom stereocenters. The van der Waals surface area contributed by atoms with E-state index in [1.807, 2.05) is 0 Å². The first kappa shape index (κ1) is 20.0. The molecule has 3 aromatic carbocycles. The van der Waals surface area contributed by atoms with Crippen LogP contribution in [0.1, 0.15) is 31.1 Å². The van der Waals surface area contributed by atoms with Crippen LogP contribution in [-0.4, -0.2) is 28.1 Å². The van der Waals surface area contributed by atoms with Gasteiger partial charge in [0.2, 0.25) is 0 Å². The molecule has 29 heavy (non-hydrogen) atoms. The van der Waals surface area contributed by atoms with Gasteiger partial charge in [-0.05, 0) is 54.4 Å². The summed E-state index contributed by atoms with van der Waals surface area (Å²) in [6.45, 7) is 0. The first-order chi connectivity index (χ1) is 14.0. The van der Waals surface area contributed by atoms with E-state index in [-0.39, 0.29) is 16.8 Å². The molecule has 0 saturated carbocycles. The predicted octanol–water partition coefficient (Wildman–Crippen LogP) is 4.45. The van der Waals surface area contributed by atoms with Gasteiger partial charge in [0.05, 0.1) is 22.5 Å². The second kappa shape index (κ2) is 8.94. The van der Waals surface area contributed by atoms with E-state index in [9.17, 15) is 24.6 Å². The largest absolute Gasteiger partial charge is 0.478 e. The second-order valence-corrected chi connectivity index (χ2v) is 6.77. The maximum absolute atomic E-state index is 12.5. The topological polar surface area (TPSA) is 116 Å². The number of nitrogens with one attached hydrogen (secondary N) is 2. The van der Waals surface area contributed by atoms with E-state index in [4.69, 9.17) is 0 Å². The van der Waals surface area contributed by atoms with Gasteiger partial charge in [-0.25, -0.2) is 9.59 Å². The van der Waals surface area contributed by atoms with Gasteiger partial charge in [0, 0.05) is 10.5 Å². The molecule has 0 aliphatic carbocycles. The molecular weight excluding hydrogens is 392 g/mol. The van der Waals surface area contributed by atoms with Crippen molar-refractivity contribution in [2.45, 2.75) is 4.90 Å². The summed E-state index contributed by atoms with van der Waals surface area (Å²) >= 11 is 1.16. The molecule has 146 valence electrons. The van der Waals surface area contributed by atoms with Crippen LogP contribution in [0.15, 0.2) is 77.7 Å². The molecule has 0 spiro atoms. The van der Waals surface area contributed by atoms with Crippen molar-refractivity contribution in [3.05, 3.63) is 89.5 Å². The van der Waals surface area contributed by atoms with Gasteiger partial charge in [0.25, 0.3) is 5.91 Å². The summed E-state index contributed by atoms with van der Waals surface area (Å²) in [5, 5.41) is 21.1. The Balaban J connectivity index is 1.74. The highest BCUT2D eigenvalue weighted by atomic mass is 32.2. The number of hydrogen-bond donors (Lipinski definition) is 4. The van der Waals surface area contributed by atoms with Crippen LogP contribution in [0.5, 0.6) is 0 Å². The molecule has 0 fully saturated rings. The number of carbonyl (C=O) groups excluding carboxylic acids is 1. The third kappa shape index (κ3) is 4.94. The molecule has 0 atom stereocenters. The minimum absolute atomic E-state index is 0.00155. The number of anilines is 2. The molecule has 8 heteroatoms. The van der Waals surface area contributed by atoms with Gasteiger partial charge in [-0.3, -0.25) is 4.79 Å². The fourth-order valence-electron chi connectivity index (χ4n) is 2.55. The molecule has 0 aromatic heterocycles. The molecule has 0 heterocycles. The Morgan fingerprint density at radius 1 is 0.724 bits per heavy atom. The van der Waals surface area contributed by atoms with Crippen LogP contribution in [0.4, 0.5) is 11.4 Å². The Labute approximate surface area is 170 Å². The zero-order valence-corrected chi connectivity index (χ0v) is 15.8. The Morgan fingerprint density at radius 3 is 1.97 bits per heavy atom. The zero-order chi connectivity index (χ0) is 20.8. The summed E-state index contributed by atoms with van der Waals surface area (Å²) in [7, 11) is 0. The summed E-state index contributed by atoms with van der Waals surface area (Å²) in [5.41, 5.74) is 1.12. The van der Waals surface area contributed by atoms with Crippen LogP contribution in [0.3, 0.4) is 0 Å². The summed E-state index contributed by atoms with van der Waals surface area (Å²) < 4.78 is 2.98.